The van der Waals surface area contributed by atoms with Crippen LogP contribution in [0.15, 0.2) is 0 Å². The van der Waals surface area contributed by atoms with Crippen LogP contribution in [-0.2, 0) is 33.3 Å². The van der Waals surface area contributed by atoms with Gasteiger partial charge in [-0.1, -0.05) is 6.42 Å². The summed E-state index contributed by atoms with van der Waals surface area (Å²) in [6.07, 6.45) is 7.03. The van der Waals surface area contributed by atoms with Gasteiger partial charge < -0.3 is 45.5 Å². The number of urea groups is 1. The topological polar surface area (TPSA) is 165 Å². The van der Waals surface area contributed by atoms with E-state index in [0.717, 1.165) is 37.9 Å². The Morgan fingerprint density at radius 2 is 1.22 bits per heavy atom. The van der Waals surface area contributed by atoms with Crippen molar-refractivity contribution in [3.63, 3.8) is 0 Å². The quantitative estimate of drug-likeness (QED) is 0.0623. The Balaban J connectivity index is 1.24. The minimum Gasteiger partial charge on any atom is -0.379 e. The number of thioether (sulfide) groups is 1. The average Bonchev–Trinajstić information content (AvgIpc) is 3.56. The highest BCUT2D eigenvalue weighted by molar-refractivity contribution is 8.00. The van der Waals surface area contributed by atoms with Crippen molar-refractivity contribution in [1.82, 2.24) is 26.6 Å². The van der Waals surface area contributed by atoms with E-state index in [1.165, 1.54) is 0 Å². The Hall–Kier alpha value is -2.13. The number of fused-ring (bicyclic) bond motifs is 1. The molecule has 0 aromatic carbocycles. The van der Waals surface area contributed by atoms with Crippen LogP contribution in [0.4, 0.5) is 4.79 Å². The van der Waals surface area contributed by atoms with Gasteiger partial charge in [-0.2, -0.15) is 11.8 Å². The smallest absolute Gasteiger partial charge is 0.315 e. The van der Waals surface area contributed by atoms with Crippen molar-refractivity contribution >= 4 is 35.5 Å². The van der Waals surface area contributed by atoms with Gasteiger partial charge in [0.1, 0.15) is 0 Å². The molecule has 0 aromatic heterocycles. The Kier molecular flexibility index (Phi) is 21.7. The van der Waals surface area contributed by atoms with E-state index in [1.807, 2.05) is 25.6 Å². The molecule has 2 heterocycles. The molecule has 0 bridgehead atoms. The maximum atomic E-state index is 12.0. The summed E-state index contributed by atoms with van der Waals surface area (Å²) in [4.78, 5) is 47.2. The standard InChI is InChI=1S/C31H57N5O8S/c1-24(2)44-18-8-15-34-29(39)12-5-11-28(38)33-14-7-17-42-20-22-43-21-19-41-16-6-13-32-27(37)10-4-3-9-26-30-25(23-45-26)35-31(40)36-30/h24-26,30H,3-23H2,1-2H3,(H,32,37)(H,33,38)(H,34,39)(H2,35,36,40)/t25?,26-,30?/m0/s1. The summed E-state index contributed by atoms with van der Waals surface area (Å²) >= 11 is 1.90. The third-order valence-electron chi connectivity index (χ3n) is 7.30. The van der Waals surface area contributed by atoms with Crippen LogP contribution in [0.3, 0.4) is 0 Å². The lowest BCUT2D eigenvalue weighted by molar-refractivity contribution is -0.123. The molecule has 5 N–H and O–H groups in total. The van der Waals surface area contributed by atoms with E-state index in [2.05, 4.69) is 26.6 Å². The van der Waals surface area contributed by atoms with Gasteiger partial charge in [0.25, 0.3) is 0 Å². The van der Waals surface area contributed by atoms with Crippen molar-refractivity contribution in [2.24, 2.45) is 0 Å². The molecule has 3 atom stereocenters. The number of unbranched alkanes of at least 4 members (excludes halogenated alkanes) is 1. The van der Waals surface area contributed by atoms with E-state index >= 15 is 0 Å². The third-order valence-corrected chi connectivity index (χ3v) is 8.81. The van der Waals surface area contributed by atoms with Gasteiger partial charge in [-0.25, -0.2) is 4.79 Å². The van der Waals surface area contributed by atoms with Crippen molar-refractivity contribution in [3.05, 3.63) is 0 Å². The maximum Gasteiger partial charge on any atom is 0.315 e. The van der Waals surface area contributed by atoms with Crippen LogP contribution < -0.4 is 26.6 Å². The zero-order valence-electron chi connectivity index (χ0n) is 27.3. The third kappa shape index (κ3) is 19.9. The molecular weight excluding hydrogens is 602 g/mol. The predicted octanol–water partition coefficient (Wildman–Crippen LogP) is 1.88. The highest BCUT2D eigenvalue weighted by Gasteiger charge is 2.42. The Morgan fingerprint density at radius 1 is 0.711 bits per heavy atom. The second-order valence-corrected chi connectivity index (χ2v) is 12.9. The fraction of sp³-hybridized carbons (Fsp3) is 0.871. The first kappa shape index (κ1) is 39.1. The summed E-state index contributed by atoms with van der Waals surface area (Å²) in [6, 6.07) is 0.415. The normalized spacial score (nSPS) is 18.8. The molecule has 0 aromatic rings. The van der Waals surface area contributed by atoms with Crippen molar-refractivity contribution < 1.29 is 38.1 Å². The minimum absolute atomic E-state index is 0.0357. The first-order valence-corrected chi connectivity index (χ1v) is 17.7. The first-order chi connectivity index (χ1) is 21.8. The Morgan fingerprint density at radius 3 is 1.78 bits per heavy atom. The molecule has 0 aliphatic carbocycles. The van der Waals surface area contributed by atoms with E-state index in [-0.39, 0.29) is 41.9 Å². The van der Waals surface area contributed by atoms with Gasteiger partial charge in [0.15, 0.2) is 0 Å². The fourth-order valence-corrected chi connectivity index (χ4v) is 6.46. The van der Waals surface area contributed by atoms with E-state index in [1.54, 1.807) is 0 Å². The minimum atomic E-state index is -0.0592. The molecule has 45 heavy (non-hydrogen) atoms. The van der Waals surface area contributed by atoms with Crippen molar-refractivity contribution in [3.8, 4) is 0 Å². The predicted molar refractivity (Wildman–Crippen MR) is 174 cm³/mol. The van der Waals surface area contributed by atoms with Gasteiger partial charge in [-0.3, -0.25) is 14.4 Å². The number of ether oxygens (including phenoxy) is 4. The highest BCUT2D eigenvalue weighted by Crippen LogP contribution is 2.33. The molecule has 0 saturated carbocycles. The largest absolute Gasteiger partial charge is 0.379 e. The monoisotopic (exact) mass is 659 g/mol. The van der Waals surface area contributed by atoms with E-state index < -0.39 is 0 Å². The van der Waals surface area contributed by atoms with E-state index in [9.17, 15) is 19.2 Å². The van der Waals surface area contributed by atoms with Gasteiger partial charge in [-0.15, -0.1) is 0 Å². The van der Waals surface area contributed by atoms with Gasteiger partial charge in [0.05, 0.1) is 44.6 Å². The summed E-state index contributed by atoms with van der Waals surface area (Å²) in [6.45, 7) is 9.34. The molecule has 2 rings (SSSR count). The summed E-state index contributed by atoms with van der Waals surface area (Å²) in [5.41, 5.74) is 0. The summed E-state index contributed by atoms with van der Waals surface area (Å²) in [7, 11) is 0. The number of amides is 5. The van der Waals surface area contributed by atoms with Crippen LogP contribution in [0.5, 0.6) is 0 Å². The molecular formula is C31H57N5O8S. The van der Waals surface area contributed by atoms with Crippen LogP contribution in [0.1, 0.15) is 78.1 Å². The lowest BCUT2D eigenvalue weighted by Crippen LogP contribution is -2.36. The van der Waals surface area contributed by atoms with Crippen LogP contribution in [0.2, 0.25) is 0 Å². The zero-order chi connectivity index (χ0) is 32.5. The van der Waals surface area contributed by atoms with E-state index in [4.69, 9.17) is 18.9 Å². The first-order valence-electron chi connectivity index (χ1n) is 16.7. The van der Waals surface area contributed by atoms with Gasteiger partial charge >= 0.3 is 6.03 Å². The lowest BCUT2D eigenvalue weighted by Gasteiger charge is -2.16. The van der Waals surface area contributed by atoms with Gasteiger partial charge in [0.2, 0.25) is 17.7 Å². The Bertz CT molecular complexity index is 853. The molecule has 260 valence electrons. The fourth-order valence-electron chi connectivity index (χ4n) is 4.91. The molecule has 14 heteroatoms. The maximum absolute atomic E-state index is 12.0. The second-order valence-electron chi connectivity index (χ2n) is 11.6. The number of nitrogens with one attached hydrogen (secondary N) is 5. The number of carbonyl (C=O) groups excluding carboxylic acids is 4. The summed E-state index contributed by atoms with van der Waals surface area (Å²) in [5.74, 6) is 0.946. The highest BCUT2D eigenvalue weighted by atomic mass is 32.2. The molecule has 2 fully saturated rings. The van der Waals surface area contributed by atoms with Crippen molar-refractivity contribution in [1.29, 1.82) is 0 Å². The molecule has 13 nitrogen and oxygen atoms in total. The molecule has 0 radical (unpaired) electrons. The number of hydrogen-bond donors (Lipinski definition) is 5. The molecule has 2 aliphatic heterocycles. The zero-order valence-corrected chi connectivity index (χ0v) is 28.1. The molecule has 0 spiro atoms. The van der Waals surface area contributed by atoms with Crippen LogP contribution in [0.25, 0.3) is 0 Å². The molecule has 5 amide bonds. The molecule has 2 saturated heterocycles. The van der Waals surface area contributed by atoms with Crippen molar-refractivity contribution in [2.75, 3.05) is 71.6 Å². The van der Waals surface area contributed by atoms with Crippen molar-refractivity contribution in [2.45, 2.75) is 101 Å². The molecule has 2 aliphatic rings. The SMILES string of the molecule is CC(C)OCCCNC(=O)CCCC(=O)NCCCOCCOCCOCCCNC(=O)CCCC[C@@H]1SCC2NC(=O)NC21. The second kappa shape index (κ2) is 25.0. The number of carbonyl (C=O) groups is 4. The van der Waals surface area contributed by atoms with Gasteiger partial charge in [-0.05, 0) is 52.4 Å². The van der Waals surface area contributed by atoms with E-state index in [0.29, 0.717) is 103 Å². The number of hydrogen-bond acceptors (Lipinski definition) is 9. The number of rotatable bonds is 28. The Labute approximate surface area is 273 Å². The average molecular weight is 660 g/mol. The summed E-state index contributed by atoms with van der Waals surface area (Å²) < 4.78 is 22.0. The van der Waals surface area contributed by atoms with Crippen LogP contribution >= 0.6 is 11.8 Å². The van der Waals surface area contributed by atoms with Crippen LogP contribution in [0, 0.1) is 0 Å². The van der Waals surface area contributed by atoms with Gasteiger partial charge in [0, 0.05) is 69.7 Å². The molecule has 2 unspecified atom stereocenters. The van der Waals surface area contributed by atoms with Crippen LogP contribution in [-0.4, -0.2) is 119 Å². The lowest BCUT2D eigenvalue weighted by atomic mass is 10.0. The summed E-state index contributed by atoms with van der Waals surface area (Å²) in [5, 5.41) is 15.0.